The molecule has 5 heteroatoms. The highest BCUT2D eigenvalue weighted by Gasteiger charge is 2.20. The minimum Gasteiger partial charge on any atom is -0.495 e. The van der Waals surface area contributed by atoms with Crippen molar-refractivity contribution in [2.24, 2.45) is 0 Å². The number of carbonyl (C=O) groups is 2. The van der Waals surface area contributed by atoms with E-state index in [4.69, 9.17) is 9.47 Å². The molecule has 0 aromatic heterocycles. The summed E-state index contributed by atoms with van der Waals surface area (Å²) in [5, 5.41) is 2.75. The number of carbonyl (C=O) groups excluding carboxylic acids is 2. The topological polar surface area (TPSA) is 64.6 Å². The molecule has 1 amide bonds. The van der Waals surface area contributed by atoms with Crippen LogP contribution in [0.1, 0.15) is 41.0 Å². The number of benzene rings is 1. The molecule has 1 aromatic carbocycles. The SMILES string of the molecule is CCCNC(=O)c1cccc(C(=O)OCC)c1OC. The minimum atomic E-state index is -0.496. The van der Waals surface area contributed by atoms with Crippen molar-refractivity contribution in [2.75, 3.05) is 20.3 Å². The third-order valence-corrected chi connectivity index (χ3v) is 2.49. The molecule has 0 radical (unpaired) electrons. The molecule has 0 saturated heterocycles. The van der Waals surface area contributed by atoms with Crippen LogP contribution in [0.3, 0.4) is 0 Å². The van der Waals surface area contributed by atoms with Crippen LogP contribution < -0.4 is 10.1 Å². The zero-order chi connectivity index (χ0) is 14.3. The van der Waals surface area contributed by atoms with Crippen LogP contribution in [-0.2, 0) is 4.74 Å². The Hall–Kier alpha value is -2.04. The Kier molecular flexibility index (Phi) is 5.85. The fraction of sp³-hybridized carbons (Fsp3) is 0.429. The zero-order valence-electron chi connectivity index (χ0n) is 11.5. The third kappa shape index (κ3) is 3.71. The van der Waals surface area contributed by atoms with Crippen LogP contribution >= 0.6 is 0 Å². The minimum absolute atomic E-state index is 0.245. The summed E-state index contributed by atoms with van der Waals surface area (Å²) in [6, 6.07) is 4.83. The van der Waals surface area contributed by atoms with E-state index < -0.39 is 5.97 Å². The summed E-state index contributed by atoms with van der Waals surface area (Å²) < 4.78 is 10.1. The predicted octanol–water partition coefficient (Wildman–Crippen LogP) is 2.01. The molecule has 1 N–H and O–H groups in total. The fourth-order valence-corrected chi connectivity index (χ4v) is 1.64. The van der Waals surface area contributed by atoms with Crippen molar-refractivity contribution in [2.45, 2.75) is 20.3 Å². The van der Waals surface area contributed by atoms with Gasteiger partial charge in [-0.25, -0.2) is 4.79 Å². The van der Waals surface area contributed by atoms with E-state index in [9.17, 15) is 9.59 Å². The lowest BCUT2D eigenvalue weighted by molar-refractivity contribution is 0.0522. The molecule has 19 heavy (non-hydrogen) atoms. The van der Waals surface area contributed by atoms with Gasteiger partial charge in [0.05, 0.1) is 19.3 Å². The summed E-state index contributed by atoms with van der Waals surface area (Å²) in [7, 11) is 1.43. The van der Waals surface area contributed by atoms with E-state index in [1.54, 1.807) is 25.1 Å². The third-order valence-electron chi connectivity index (χ3n) is 2.49. The Bertz CT molecular complexity index is 457. The molecule has 0 bridgehead atoms. The smallest absolute Gasteiger partial charge is 0.341 e. The summed E-state index contributed by atoms with van der Waals surface area (Å²) in [6.07, 6.45) is 0.839. The second-order valence-electron chi connectivity index (χ2n) is 3.86. The summed E-state index contributed by atoms with van der Waals surface area (Å²) in [5.74, 6) is -0.510. The van der Waals surface area contributed by atoms with Gasteiger partial charge in [0.15, 0.2) is 0 Å². The Labute approximate surface area is 112 Å². The predicted molar refractivity (Wildman–Crippen MR) is 71.6 cm³/mol. The summed E-state index contributed by atoms with van der Waals surface area (Å²) in [4.78, 5) is 23.8. The van der Waals surface area contributed by atoms with E-state index >= 15 is 0 Å². The number of hydrogen-bond donors (Lipinski definition) is 1. The molecule has 0 fully saturated rings. The Morgan fingerprint density at radius 3 is 2.47 bits per heavy atom. The van der Waals surface area contributed by atoms with Gasteiger partial charge in [-0.1, -0.05) is 13.0 Å². The van der Waals surface area contributed by atoms with Crippen molar-refractivity contribution in [3.05, 3.63) is 29.3 Å². The van der Waals surface area contributed by atoms with Gasteiger partial charge in [0.2, 0.25) is 0 Å². The first kappa shape index (κ1) is 15.0. The van der Waals surface area contributed by atoms with Crippen LogP contribution in [0.25, 0.3) is 0 Å². The lowest BCUT2D eigenvalue weighted by Gasteiger charge is -2.12. The number of methoxy groups -OCH3 is 1. The van der Waals surface area contributed by atoms with E-state index in [1.165, 1.54) is 7.11 Å². The van der Waals surface area contributed by atoms with E-state index in [0.717, 1.165) is 6.42 Å². The first-order valence-electron chi connectivity index (χ1n) is 6.28. The number of amides is 1. The molecule has 5 nitrogen and oxygen atoms in total. The van der Waals surface area contributed by atoms with Gasteiger partial charge >= 0.3 is 5.97 Å². The average Bonchev–Trinajstić information content (AvgIpc) is 2.43. The number of ether oxygens (including phenoxy) is 2. The second-order valence-corrected chi connectivity index (χ2v) is 3.86. The van der Waals surface area contributed by atoms with E-state index in [2.05, 4.69) is 5.32 Å². The Morgan fingerprint density at radius 2 is 1.89 bits per heavy atom. The van der Waals surface area contributed by atoms with Crippen molar-refractivity contribution in [3.63, 3.8) is 0 Å². The van der Waals surface area contributed by atoms with Crippen molar-refractivity contribution in [1.82, 2.24) is 5.32 Å². The maximum Gasteiger partial charge on any atom is 0.341 e. The maximum atomic E-state index is 12.0. The molecule has 0 aliphatic carbocycles. The van der Waals surface area contributed by atoms with E-state index in [1.807, 2.05) is 6.92 Å². The highest BCUT2D eigenvalue weighted by molar-refractivity contribution is 6.02. The summed E-state index contributed by atoms with van der Waals surface area (Å²) in [6.45, 7) is 4.54. The lowest BCUT2D eigenvalue weighted by Crippen LogP contribution is -2.25. The Morgan fingerprint density at radius 1 is 1.21 bits per heavy atom. The monoisotopic (exact) mass is 265 g/mol. The van der Waals surface area contributed by atoms with Crippen LogP contribution in [0.2, 0.25) is 0 Å². The van der Waals surface area contributed by atoms with Crippen molar-refractivity contribution in [3.8, 4) is 5.75 Å². The number of nitrogens with one attached hydrogen (secondary N) is 1. The van der Waals surface area contributed by atoms with Crippen molar-refractivity contribution < 1.29 is 19.1 Å². The second kappa shape index (κ2) is 7.41. The van der Waals surface area contributed by atoms with Gasteiger partial charge in [-0.2, -0.15) is 0 Å². The van der Waals surface area contributed by atoms with Crippen molar-refractivity contribution in [1.29, 1.82) is 0 Å². The zero-order valence-corrected chi connectivity index (χ0v) is 11.5. The van der Waals surface area contributed by atoms with Crippen LogP contribution in [0.15, 0.2) is 18.2 Å². The quantitative estimate of drug-likeness (QED) is 0.799. The molecule has 0 heterocycles. The van der Waals surface area contributed by atoms with Crippen LogP contribution in [0, 0.1) is 0 Å². The number of esters is 1. The van der Waals surface area contributed by atoms with Crippen LogP contribution in [0.5, 0.6) is 5.75 Å². The highest BCUT2D eigenvalue weighted by Crippen LogP contribution is 2.24. The summed E-state index contributed by atoms with van der Waals surface area (Å²) >= 11 is 0. The molecule has 0 atom stereocenters. The van der Waals surface area contributed by atoms with Gasteiger partial charge in [0.25, 0.3) is 5.91 Å². The average molecular weight is 265 g/mol. The molecule has 104 valence electrons. The van der Waals surface area contributed by atoms with Gasteiger partial charge in [-0.15, -0.1) is 0 Å². The molecule has 0 aliphatic heterocycles. The largest absolute Gasteiger partial charge is 0.495 e. The molecule has 0 spiro atoms. The number of hydrogen-bond acceptors (Lipinski definition) is 4. The van der Waals surface area contributed by atoms with Gasteiger partial charge in [-0.05, 0) is 25.5 Å². The standard InChI is InChI=1S/C14H19NO4/c1-4-9-15-13(16)10-7-6-8-11(12(10)18-3)14(17)19-5-2/h6-8H,4-5,9H2,1-3H3,(H,15,16). The highest BCUT2D eigenvalue weighted by atomic mass is 16.5. The molecule has 0 saturated carbocycles. The molecule has 1 aromatic rings. The van der Waals surface area contributed by atoms with Crippen molar-refractivity contribution >= 4 is 11.9 Å². The normalized spacial score (nSPS) is 9.84. The first-order valence-corrected chi connectivity index (χ1v) is 6.28. The van der Waals surface area contributed by atoms with Crippen LogP contribution in [-0.4, -0.2) is 32.1 Å². The molecule has 0 unspecified atom stereocenters. The number of para-hydroxylation sites is 1. The number of rotatable bonds is 6. The lowest BCUT2D eigenvalue weighted by atomic mass is 10.1. The molecular weight excluding hydrogens is 246 g/mol. The maximum absolute atomic E-state index is 12.0. The van der Waals surface area contributed by atoms with Gasteiger partial charge in [0.1, 0.15) is 11.3 Å². The van der Waals surface area contributed by atoms with Gasteiger partial charge < -0.3 is 14.8 Å². The van der Waals surface area contributed by atoms with Crippen LogP contribution in [0.4, 0.5) is 0 Å². The first-order chi connectivity index (χ1) is 9.15. The van der Waals surface area contributed by atoms with Gasteiger partial charge in [-0.3, -0.25) is 4.79 Å². The molecule has 1 rings (SSSR count). The molecule has 0 aliphatic rings. The Balaban J connectivity index is 3.09. The fourth-order valence-electron chi connectivity index (χ4n) is 1.64. The van der Waals surface area contributed by atoms with E-state index in [-0.39, 0.29) is 23.8 Å². The van der Waals surface area contributed by atoms with E-state index in [0.29, 0.717) is 12.1 Å². The van der Waals surface area contributed by atoms with Gasteiger partial charge in [0, 0.05) is 6.54 Å². The molecular formula is C14H19NO4. The summed E-state index contributed by atoms with van der Waals surface area (Å²) in [5.41, 5.74) is 0.593.